The van der Waals surface area contributed by atoms with Gasteiger partial charge >= 0.3 is 0 Å². The molecule has 0 radical (unpaired) electrons. The number of aryl methyl sites for hydroxylation is 2. The highest BCUT2D eigenvalue weighted by atomic mass is 16.5. The van der Waals surface area contributed by atoms with E-state index in [4.69, 9.17) is 4.74 Å². The molecule has 3 heterocycles. The fourth-order valence-electron chi connectivity index (χ4n) is 3.04. The monoisotopic (exact) mass is 320 g/mol. The minimum atomic E-state index is -0.164. The quantitative estimate of drug-likeness (QED) is 0.616. The number of rotatable bonds is 2. The molecule has 0 aliphatic heterocycles. The number of fused-ring (bicyclic) bond motifs is 2. The number of H-pyrrole nitrogens is 1. The van der Waals surface area contributed by atoms with E-state index in [0.29, 0.717) is 11.3 Å². The van der Waals surface area contributed by atoms with Crippen LogP contribution in [0.5, 0.6) is 5.75 Å². The summed E-state index contributed by atoms with van der Waals surface area (Å²) in [6, 6.07) is 9.32. The van der Waals surface area contributed by atoms with E-state index in [2.05, 4.69) is 15.1 Å². The molecule has 3 aromatic heterocycles. The first-order valence-corrected chi connectivity index (χ1v) is 7.57. The lowest BCUT2D eigenvalue weighted by atomic mass is 10.1. The summed E-state index contributed by atoms with van der Waals surface area (Å²) in [5.74, 6) is 0.743. The molecule has 0 saturated heterocycles. The molecule has 24 heavy (non-hydrogen) atoms. The molecular weight excluding hydrogens is 304 g/mol. The van der Waals surface area contributed by atoms with Crippen LogP contribution in [0.4, 0.5) is 0 Å². The number of methoxy groups -OCH3 is 1. The van der Waals surface area contributed by atoms with Crippen LogP contribution < -0.4 is 10.3 Å². The Morgan fingerprint density at radius 3 is 2.83 bits per heavy atom. The maximum absolute atomic E-state index is 12.5. The van der Waals surface area contributed by atoms with Crippen LogP contribution in [0.25, 0.3) is 33.2 Å². The zero-order valence-corrected chi connectivity index (χ0v) is 13.6. The molecule has 4 aromatic rings. The highest BCUT2D eigenvalue weighted by Crippen LogP contribution is 2.25. The average Bonchev–Trinajstić information content (AvgIpc) is 2.95. The van der Waals surface area contributed by atoms with Crippen LogP contribution >= 0.6 is 0 Å². The molecular formula is C18H16N4O2. The number of benzene rings is 1. The molecule has 0 fully saturated rings. The van der Waals surface area contributed by atoms with Crippen molar-refractivity contribution in [1.29, 1.82) is 0 Å². The Morgan fingerprint density at radius 1 is 1.21 bits per heavy atom. The maximum Gasteiger partial charge on any atom is 0.257 e. The van der Waals surface area contributed by atoms with Gasteiger partial charge in [0.15, 0.2) is 0 Å². The molecule has 0 aliphatic carbocycles. The van der Waals surface area contributed by atoms with Crippen molar-refractivity contribution in [3.63, 3.8) is 0 Å². The van der Waals surface area contributed by atoms with Gasteiger partial charge in [-0.3, -0.25) is 9.48 Å². The van der Waals surface area contributed by atoms with Crippen molar-refractivity contribution in [3.05, 3.63) is 52.4 Å². The van der Waals surface area contributed by atoms with Crippen molar-refractivity contribution in [3.8, 4) is 17.0 Å². The first kappa shape index (κ1) is 14.4. The zero-order valence-electron chi connectivity index (χ0n) is 13.6. The minimum absolute atomic E-state index is 0.164. The Balaban J connectivity index is 1.98. The second-order valence-electron chi connectivity index (χ2n) is 5.79. The van der Waals surface area contributed by atoms with Gasteiger partial charge in [0.2, 0.25) is 0 Å². The number of nitrogens with zero attached hydrogens (tertiary/aromatic N) is 3. The first-order chi connectivity index (χ1) is 11.6. The fraction of sp³-hybridized carbons (Fsp3) is 0.167. The van der Waals surface area contributed by atoms with E-state index in [-0.39, 0.29) is 5.56 Å². The lowest BCUT2D eigenvalue weighted by Gasteiger charge is -2.07. The molecule has 0 amide bonds. The van der Waals surface area contributed by atoms with Gasteiger partial charge in [0.25, 0.3) is 5.56 Å². The molecule has 4 rings (SSSR count). The number of hydrogen-bond donors (Lipinski definition) is 1. The second kappa shape index (κ2) is 5.19. The van der Waals surface area contributed by atoms with Crippen LogP contribution in [0.2, 0.25) is 0 Å². The Morgan fingerprint density at radius 2 is 2.04 bits per heavy atom. The number of aromatic amines is 1. The molecule has 0 aliphatic rings. The summed E-state index contributed by atoms with van der Waals surface area (Å²) in [4.78, 5) is 20.0. The first-order valence-electron chi connectivity index (χ1n) is 7.57. The maximum atomic E-state index is 12.5. The van der Waals surface area contributed by atoms with Crippen LogP contribution in [0, 0.1) is 6.92 Å². The van der Waals surface area contributed by atoms with Crippen LogP contribution in [0.15, 0.2) is 41.3 Å². The van der Waals surface area contributed by atoms with Crippen molar-refractivity contribution in [2.75, 3.05) is 7.11 Å². The summed E-state index contributed by atoms with van der Waals surface area (Å²) >= 11 is 0. The summed E-state index contributed by atoms with van der Waals surface area (Å²) < 4.78 is 7.05. The summed E-state index contributed by atoms with van der Waals surface area (Å²) in [5, 5.41) is 5.14. The molecule has 0 unspecified atom stereocenters. The third-order valence-corrected chi connectivity index (χ3v) is 4.21. The van der Waals surface area contributed by atoms with Crippen molar-refractivity contribution in [2.24, 2.45) is 7.05 Å². The summed E-state index contributed by atoms with van der Waals surface area (Å²) in [5.41, 5.74) is 4.55. The van der Waals surface area contributed by atoms with Gasteiger partial charge in [-0.25, -0.2) is 4.98 Å². The van der Waals surface area contributed by atoms with E-state index < -0.39 is 0 Å². The van der Waals surface area contributed by atoms with Crippen molar-refractivity contribution < 1.29 is 4.74 Å². The van der Waals surface area contributed by atoms with Gasteiger partial charge in [-0.05, 0) is 42.8 Å². The third kappa shape index (κ3) is 2.15. The third-order valence-electron chi connectivity index (χ3n) is 4.21. The van der Waals surface area contributed by atoms with Gasteiger partial charge in [0.05, 0.1) is 30.1 Å². The lowest BCUT2D eigenvalue weighted by Crippen LogP contribution is -2.09. The van der Waals surface area contributed by atoms with Crippen LogP contribution in [0.1, 0.15) is 5.56 Å². The van der Waals surface area contributed by atoms with Gasteiger partial charge in [-0.15, -0.1) is 0 Å². The second-order valence-corrected chi connectivity index (χ2v) is 5.79. The number of aromatic nitrogens is 4. The van der Waals surface area contributed by atoms with Gasteiger partial charge in [0, 0.05) is 18.0 Å². The van der Waals surface area contributed by atoms with Crippen molar-refractivity contribution >= 4 is 21.9 Å². The predicted molar refractivity (Wildman–Crippen MR) is 93.4 cm³/mol. The SMILES string of the molecule is COc1ccc2[nH]c(=O)c(-c3cc(C)c4c(cnn4C)n3)cc2c1. The molecule has 1 aromatic carbocycles. The van der Waals surface area contributed by atoms with Gasteiger partial charge in [0.1, 0.15) is 11.3 Å². The number of ether oxygens (including phenoxy) is 1. The largest absolute Gasteiger partial charge is 0.497 e. The predicted octanol–water partition coefficient (Wildman–Crippen LogP) is 2.79. The molecule has 6 heteroatoms. The van der Waals surface area contributed by atoms with E-state index >= 15 is 0 Å². The van der Waals surface area contributed by atoms with Crippen LogP contribution in [-0.2, 0) is 7.05 Å². The van der Waals surface area contributed by atoms with E-state index in [1.165, 1.54) is 0 Å². The Kier molecular flexibility index (Phi) is 3.13. The molecule has 0 atom stereocenters. The molecule has 6 nitrogen and oxygen atoms in total. The summed E-state index contributed by atoms with van der Waals surface area (Å²) in [7, 11) is 3.50. The van der Waals surface area contributed by atoms with Crippen molar-refractivity contribution in [2.45, 2.75) is 6.92 Å². The fourth-order valence-corrected chi connectivity index (χ4v) is 3.04. The standard InChI is InChI=1S/C18H16N4O2/c1-10-6-15(20-16-9-19-22(2)17(10)16)13-8-11-7-12(24-3)4-5-14(11)21-18(13)23/h4-9H,1-3H3,(H,21,23). The zero-order chi connectivity index (χ0) is 16.8. The molecule has 0 bridgehead atoms. The van der Waals surface area contributed by atoms with Gasteiger partial charge in [-0.2, -0.15) is 5.10 Å². The lowest BCUT2D eigenvalue weighted by molar-refractivity contribution is 0.415. The van der Waals surface area contributed by atoms with Crippen LogP contribution in [0.3, 0.4) is 0 Å². The average molecular weight is 320 g/mol. The topological polar surface area (TPSA) is 72.8 Å². The van der Waals surface area contributed by atoms with Crippen LogP contribution in [-0.4, -0.2) is 26.9 Å². The summed E-state index contributed by atoms with van der Waals surface area (Å²) in [6.45, 7) is 1.99. The normalized spacial score (nSPS) is 11.3. The highest BCUT2D eigenvalue weighted by Gasteiger charge is 2.12. The van der Waals surface area contributed by atoms with Crippen molar-refractivity contribution in [1.82, 2.24) is 19.7 Å². The summed E-state index contributed by atoms with van der Waals surface area (Å²) in [6.07, 6.45) is 1.71. The number of nitrogens with one attached hydrogen (secondary N) is 1. The Labute approximate surface area is 137 Å². The molecule has 0 saturated carbocycles. The number of pyridine rings is 2. The van der Waals surface area contributed by atoms with E-state index in [0.717, 1.165) is 33.2 Å². The smallest absolute Gasteiger partial charge is 0.257 e. The molecule has 120 valence electrons. The Bertz CT molecular complexity index is 1140. The van der Waals surface area contributed by atoms with E-state index in [1.54, 1.807) is 18.0 Å². The van der Waals surface area contributed by atoms with Gasteiger partial charge in [-0.1, -0.05) is 0 Å². The van der Waals surface area contributed by atoms with E-state index in [9.17, 15) is 4.79 Å². The Hall–Kier alpha value is -3.15. The highest BCUT2D eigenvalue weighted by molar-refractivity contribution is 5.86. The minimum Gasteiger partial charge on any atom is -0.497 e. The molecule has 1 N–H and O–H groups in total. The van der Waals surface area contributed by atoms with E-state index in [1.807, 2.05) is 44.3 Å². The number of hydrogen-bond acceptors (Lipinski definition) is 4. The van der Waals surface area contributed by atoms with Gasteiger partial charge < -0.3 is 9.72 Å². The molecule has 0 spiro atoms.